The zero-order valence-electron chi connectivity index (χ0n) is 10.4. The molecule has 0 radical (unpaired) electrons. The molecule has 1 aliphatic rings. The predicted molar refractivity (Wildman–Crippen MR) is 72.5 cm³/mol. The Bertz CT molecular complexity index is 551. The summed E-state index contributed by atoms with van der Waals surface area (Å²) >= 11 is 0. The van der Waals surface area contributed by atoms with Gasteiger partial charge >= 0.3 is 10.4 Å². The molecule has 0 unspecified atom stereocenters. The van der Waals surface area contributed by atoms with Gasteiger partial charge in [-0.3, -0.25) is 9.11 Å². The van der Waals surface area contributed by atoms with Crippen molar-refractivity contribution >= 4 is 33.7 Å². The number of nitrogens with two attached hydrogens (primary N) is 3. The Balaban J connectivity index is 0.000000347. The smallest absolute Gasteiger partial charge is 0.393 e. The molecule has 1 saturated heterocycles. The van der Waals surface area contributed by atoms with Gasteiger partial charge in [0.15, 0.2) is 11.6 Å². The van der Waals surface area contributed by atoms with E-state index in [0.29, 0.717) is 24.7 Å². The number of hydrogen-bond acceptors (Lipinski definition) is 9. The first-order chi connectivity index (χ1) is 9.18. The van der Waals surface area contributed by atoms with Crippen molar-refractivity contribution in [2.45, 2.75) is 0 Å². The zero-order valence-corrected chi connectivity index (χ0v) is 11.2. The van der Waals surface area contributed by atoms with Gasteiger partial charge in [-0.15, -0.1) is 0 Å². The molecule has 2 rings (SSSR count). The summed E-state index contributed by atoms with van der Waals surface area (Å²) in [6.07, 6.45) is 0. The average molecular weight is 308 g/mol. The maximum Gasteiger partial charge on any atom is 0.394 e. The minimum Gasteiger partial charge on any atom is -0.393 e. The molecule has 1 aliphatic heterocycles. The normalized spacial score (nSPS) is 15.4. The first-order valence-electron chi connectivity index (χ1n) is 5.39. The van der Waals surface area contributed by atoms with E-state index in [1.54, 1.807) is 0 Å². The van der Waals surface area contributed by atoms with Crippen LogP contribution in [0, 0.1) is 0 Å². The van der Waals surface area contributed by atoms with Gasteiger partial charge in [-0.25, -0.2) is 0 Å². The number of nitrogens with zero attached hydrogens (tertiary/aromatic N) is 3. The number of aromatic nitrogens is 2. The third-order valence-electron chi connectivity index (χ3n) is 2.28. The van der Waals surface area contributed by atoms with Crippen molar-refractivity contribution in [2.75, 3.05) is 48.4 Å². The van der Waals surface area contributed by atoms with Crippen LogP contribution < -0.4 is 22.1 Å². The Morgan fingerprint density at radius 1 is 1.10 bits per heavy atom. The summed E-state index contributed by atoms with van der Waals surface area (Å²) in [5.41, 5.74) is 17.3. The first-order valence-corrected chi connectivity index (χ1v) is 6.79. The highest BCUT2D eigenvalue weighted by Crippen LogP contribution is 2.26. The molecule has 1 fully saturated rings. The van der Waals surface area contributed by atoms with Gasteiger partial charge in [-0.05, 0) is 0 Å². The van der Waals surface area contributed by atoms with Crippen molar-refractivity contribution in [3.05, 3.63) is 0 Å². The lowest BCUT2D eigenvalue weighted by Crippen LogP contribution is -2.37. The van der Waals surface area contributed by atoms with Crippen LogP contribution in [-0.4, -0.2) is 53.8 Å². The van der Waals surface area contributed by atoms with Crippen molar-refractivity contribution in [1.82, 2.24) is 9.97 Å². The maximum atomic E-state index is 8.74. The summed E-state index contributed by atoms with van der Waals surface area (Å²) in [6, 6.07) is 0. The van der Waals surface area contributed by atoms with E-state index in [1.807, 2.05) is 4.90 Å². The van der Waals surface area contributed by atoms with Gasteiger partial charge in [0.2, 0.25) is 5.95 Å². The molecule has 20 heavy (non-hydrogen) atoms. The molecule has 0 aliphatic carbocycles. The second-order valence-corrected chi connectivity index (χ2v) is 4.65. The number of nitrogen functional groups attached to an aromatic ring is 3. The third-order valence-corrected chi connectivity index (χ3v) is 2.28. The summed E-state index contributed by atoms with van der Waals surface area (Å²) in [4.78, 5) is 9.87. The summed E-state index contributed by atoms with van der Waals surface area (Å²) in [6.45, 7) is 2.78. The quantitative estimate of drug-likeness (QED) is 0.375. The van der Waals surface area contributed by atoms with Gasteiger partial charge < -0.3 is 26.8 Å². The minimum absolute atomic E-state index is 0.142. The van der Waals surface area contributed by atoms with Crippen molar-refractivity contribution in [3.8, 4) is 0 Å². The number of ether oxygens (including phenoxy) is 1. The minimum atomic E-state index is -4.67. The molecule has 1 aromatic rings. The van der Waals surface area contributed by atoms with Gasteiger partial charge in [-0.1, -0.05) is 0 Å². The second kappa shape index (κ2) is 6.51. The van der Waals surface area contributed by atoms with E-state index in [1.165, 1.54) is 0 Å². The van der Waals surface area contributed by atoms with E-state index in [2.05, 4.69) is 9.97 Å². The number of hydrogen-bond donors (Lipinski definition) is 5. The van der Waals surface area contributed by atoms with Crippen molar-refractivity contribution in [2.24, 2.45) is 0 Å². The van der Waals surface area contributed by atoms with E-state index in [0.717, 1.165) is 13.1 Å². The lowest BCUT2D eigenvalue weighted by atomic mass is 10.3. The van der Waals surface area contributed by atoms with Gasteiger partial charge in [0.25, 0.3) is 0 Å². The third kappa shape index (κ3) is 5.40. The molecule has 0 atom stereocenters. The zero-order chi connectivity index (χ0) is 15.3. The molecule has 11 nitrogen and oxygen atoms in total. The molecule has 0 saturated carbocycles. The molecule has 114 valence electrons. The van der Waals surface area contributed by atoms with E-state index >= 15 is 0 Å². The lowest BCUT2D eigenvalue weighted by molar-refractivity contribution is 0.122. The van der Waals surface area contributed by atoms with Gasteiger partial charge in [0.05, 0.1) is 13.2 Å². The Labute approximate surface area is 115 Å². The molecular formula is C8H16N6O5S. The lowest BCUT2D eigenvalue weighted by Gasteiger charge is -2.28. The van der Waals surface area contributed by atoms with Crippen LogP contribution in [0.1, 0.15) is 0 Å². The largest absolute Gasteiger partial charge is 0.394 e. The van der Waals surface area contributed by atoms with Crippen LogP contribution in [-0.2, 0) is 15.1 Å². The number of rotatable bonds is 1. The number of morpholine rings is 1. The predicted octanol–water partition coefficient (Wildman–Crippen LogP) is -1.59. The van der Waals surface area contributed by atoms with E-state index in [9.17, 15) is 0 Å². The van der Waals surface area contributed by atoms with Crippen LogP contribution in [0.5, 0.6) is 0 Å². The molecule has 0 amide bonds. The van der Waals surface area contributed by atoms with Gasteiger partial charge in [-0.2, -0.15) is 18.4 Å². The Morgan fingerprint density at radius 3 is 2.10 bits per heavy atom. The van der Waals surface area contributed by atoms with Crippen LogP contribution in [0.4, 0.5) is 23.3 Å². The summed E-state index contributed by atoms with van der Waals surface area (Å²) in [5, 5.41) is 0. The highest BCUT2D eigenvalue weighted by molar-refractivity contribution is 7.79. The SMILES string of the molecule is Nc1nc(N)c(N)c(N2CCOCC2)n1.O=S(=O)(O)O. The van der Waals surface area contributed by atoms with E-state index in [4.69, 9.17) is 39.5 Å². The van der Waals surface area contributed by atoms with E-state index < -0.39 is 10.4 Å². The van der Waals surface area contributed by atoms with Crippen LogP contribution in [0.25, 0.3) is 0 Å². The standard InChI is InChI=1S/C8H14N6O.H2O4S/c9-5-6(10)12-8(11)13-7(5)14-1-3-15-4-2-14;1-5(2,3)4/h1-4,9H2,(H4,10,11,12,13);(H2,1,2,3,4). The molecule has 1 aromatic heterocycles. The average Bonchev–Trinajstić information content (AvgIpc) is 2.33. The maximum absolute atomic E-state index is 8.74. The molecule has 12 heteroatoms. The first kappa shape index (κ1) is 16.2. The van der Waals surface area contributed by atoms with E-state index in [-0.39, 0.29) is 11.8 Å². The van der Waals surface area contributed by atoms with Crippen molar-refractivity contribution in [1.29, 1.82) is 0 Å². The Kier molecular flexibility index (Phi) is 5.26. The molecule has 0 aromatic carbocycles. The Hall–Kier alpha value is -1.89. The molecule has 2 heterocycles. The summed E-state index contributed by atoms with van der Waals surface area (Å²) in [7, 11) is -4.67. The Morgan fingerprint density at radius 2 is 1.60 bits per heavy atom. The highest BCUT2D eigenvalue weighted by Gasteiger charge is 2.17. The highest BCUT2D eigenvalue weighted by atomic mass is 32.3. The van der Waals surface area contributed by atoms with Crippen molar-refractivity contribution in [3.63, 3.8) is 0 Å². The fourth-order valence-electron chi connectivity index (χ4n) is 1.51. The summed E-state index contributed by atoms with van der Waals surface area (Å²) in [5.74, 6) is 0.968. The summed E-state index contributed by atoms with van der Waals surface area (Å²) < 4.78 is 36.8. The van der Waals surface area contributed by atoms with Crippen LogP contribution in [0.2, 0.25) is 0 Å². The molecule has 8 N–H and O–H groups in total. The van der Waals surface area contributed by atoms with Crippen LogP contribution >= 0.6 is 0 Å². The molecule has 0 spiro atoms. The van der Waals surface area contributed by atoms with Crippen LogP contribution in [0.3, 0.4) is 0 Å². The number of anilines is 4. The molecular weight excluding hydrogens is 292 g/mol. The monoisotopic (exact) mass is 308 g/mol. The fourth-order valence-corrected chi connectivity index (χ4v) is 1.51. The second-order valence-electron chi connectivity index (χ2n) is 3.75. The molecule has 0 bridgehead atoms. The van der Waals surface area contributed by atoms with Gasteiger partial charge in [0.1, 0.15) is 5.69 Å². The topological polar surface area (TPSA) is 191 Å². The fraction of sp³-hybridized carbons (Fsp3) is 0.500. The van der Waals surface area contributed by atoms with Gasteiger partial charge in [0, 0.05) is 13.1 Å². The van der Waals surface area contributed by atoms with Crippen LogP contribution in [0.15, 0.2) is 0 Å². The van der Waals surface area contributed by atoms with Crippen molar-refractivity contribution < 1.29 is 22.3 Å².